The first kappa shape index (κ1) is 21.1. The van der Waals surface area contributed by atoms with Crippen LogP contribution in [-0.2, 0) is 11.3 Å². The second-order valence-electron chi connectivity index (χ2n) is 8.19. The molecule has 2 aromatic carbocycles. The molecule has 1 aliphatic heterocycles. The van der Waals surface area contributed by atoms with Crippen LogP contribution < -0.4 is 10.7 Å². The average Bonchev–Trinajstić information content (AvgIpc) is 3.46. The smallest absolute Gasteiger partial charge is 0.422 e. The molecule has 5 rings (SSSR count). The van der Waals surface area contributed by atoms with E-state index in [4.69, 9.17) is 9.15 Å². The summed E-state index contributed by atoms with van der Waals surface area (Å²) in [6.45, 7) is 0.998. The molecule has 1 N–H and O–H groups in total. The summed E-state index contributed by atoms with van der Waals surface area (Å²) in [6, 6.07) is 20.4. The maximum Gasteiger partial charge on any atom is 0.422 e. The number of rotatable bonds is 6. The standard InChI is InChI=1S/C27H26N2O4/c30-26-25(33-27(31)28(26)19-24-12-7-17-32-24)18-20-13-15-23(16-14-20)29(21-8-3-1-4-9-21)22-10-5-2-6-11-22/h1-6,8-11,13,15-16,18,24,30H,7,12,14,17,19H2. The number of benzene rings is 2. The Kier molecular flexibility index (Phi) is 6.00. The number of hydrogen-bond donors (Lipinski definition) is 1. The first-order chi connectivity index (χ1) is 16.2. The fourth-order valence-corrected chi connectivity index (χ4v) is 4.25. The summed E-state index contributed by atoms with van der Waals surface area (Å²) in [5.74, 6) is -0.538. The lowest BCUT2D eigenvalue weighted by Crippen LogP contribution is -2.22. The van der Waals surface area contributed by atoms with Crippen molar-refractivity contribution in [3.8, 4) is 5.88 Å². The first-order valence-electron chi connectivity index (χ1n) is 11.2. The minimum Gasteiger partial charge on any atom is -0.492 e. The second-order valence-corrected chi connectivity index (χ2v) is 8.19. The molecule has 6 heteroatoms. The average molecular weight is 443 g/mol. The van der Waals surface area contributed by atoms with Crippen molar-refractivity contribution in [2.24, 2.45) is 0 Å². The van der Waals surface area contributed by atoms with Crippen LogP contribution in [0.2, 0.25) is 0 Å². The van der Waals surface area contributed by atoms with Gasteiger partial charge in [0.25, 0.3) is 0 Å². The van der Waals surface area contributed by atoms with Crippen molar-refractivity contribution >= 4 is 17.5 Å². The third kappa shape index (κ3) is 4.56. The lowest BCUT2D eigenvalue weighted by atomic mass is 10.0. The van der Waals surface area contributed by atoms with Crippen LogP contribution in [0.25, 0.3) is 6.08 Å². The topological polar surface area (TPSA) is 67.8 Å². The van der Waals surface area contributed by atoms with Gasteiger partial charge < -0.3 is 19.2 Å². The van der Waals surface area contributed by atoms with E-state index in [0.717, 1.165) is 35.5 Å². The number of hydrogen-bond acceptors (Lipinski definition) is 5. The molecule has 2 aliphatic rings. The van der Waals surface area contributed by atoms with Gasteiger partial charge in [-0.2, -0.15) is 0 Å². The second kappa shape index (κ2) is 9.38. The molecule has 168 valence electrons. The Balaban J connectivity index is 1.38. The fraction of sp³-hybridized carbons (Fsp3) is 0.222. The van der Waals surface area contributed by atoms with Crippen LogP contribution in [0, 0.1) is 0 Å². The molecule has 3 aromatic rings. The van der Waals surface area contributed by atoms with Gasteiger partial charge in [0.2, 0.25) is 5.88 Å². The highest BCUT2D eigenvalue weighted by atomic mass is 16.5. The van der Waals surface area contributed by atoms with Gasteiger partial charge in [0.1, 0.15) is 0 Å². The summed E-state index contributed by atoms with van der Waals surface area (Å²) in [4.78, 5) is 14.5. The van der Waals surface area contributed by atoms with Crippen molar-refractivity contribution in [2.45, 2.75) is 31.9 Å². The van der Waals surface area contributed by atoms with Crippen LogP contribution in [-0.4, -0.2) is 22.4 Å². The minimum absolute atomic E-state index is 0.0614. The van der Waals surface area contributed by atoms with Crippen LogP contribution in [0.3, 0.4) is 0 Å². The van der Waals surface area contributed by atoms with Crippen LogP contribution in [0.1, 0.15) is 25.0 Å². The Morgan fingerprint density at radius 3 is 2.30 bits per heavy atom. The zero-order chi connectivity index (χ0) is 22.6. The normalized spacial score (nSPS) is 19.1. The van der Waals surface area contributed by atoms with Gasteiger partial charge in [-0.15, -0.1) is 0 Å². The summed E-state index contributed by atoms with van der Waals surface area (Å²) in [6.07, 6.45) is 10.3. The number of allylic oxidation sites excluding steroid dienone is 4. The van der Waals surface area contributed by atoms with Gasteiger partial charge in [-0.25, -0.2) is 9.36 Å². The van der Waals surface area contributed by atoms with Crippen LogP contribution in [0.4, 0.5) is 11.4 Å². The predicted octanol–water partition coefficient (Wildman–Crippen LogP) is 5.39. The van der Waals surface area contributed by atoms with Gasteiger partial charge in [0, 0.05) is 23.7 Å². The molecule has 33 heavy (non-hydrogen) atoms. The number of anilines is 2. The van der Waals surface area contributed by atoms with E-state index in [-0.39, 0.29) is 17.7 Å². The Hall–Kier alpha value is -3.77. The maximum absolute atomic E-state index is 12.3. The highest BCUT2D eigenvalue weighted by Gasteiger charge is 2.22. The Labute approximate surface area is 192 Å². The molecule has 0 amide bonds. The molecule has 1 atom stereocenters. The van der Waals surface area contributed by atoms with Crippen molar-refractivity contribution < 1.29 is 14.3 Å². The van der Waals surface area contributed by atoms with E-state index in [2.05, 4.69) is 35.2 Å². The van der Waals surface area contributed by atoms with Crippen LogP contribution in [0.15, 0.2) is 99.4 Å². The number of aromatic nitrogens is 1. The van der Waals surface area contributed by atoms with E-state index in [0.29, 0.717) is 19.6 Å². The van der Waals surface area contributed by atoms with E-state index >= 15 is 0 Å². The summed E-state index contributed by atoms with van der Waals surface area (Å²) in [5.41, 5.74) is 4.13. The highest BCUT2D eigenvalue weighted by Crippen LogP contribution is 2.33. The molecular formula is C27H26N2O4. The van der Waals surface area contributed by atoms with Crippen molar-refractivity contribution in [3.05, 3.63) is 106 Å². The maximum atomic E-state index is 12.3. The summed E-state index contributed by atoms with van der Waals surface area (Å²) in [5, 5.41) is 10.6. The molecule has 1 fully saturated rings. The summed E-state index contributed by atoms with van der Waals surface area (Å²) in [7, 11) is 0. The zero-order valence-corrected chi connectivity index (χ0v) is 18.3. The van der Waals surface area contributed by atoms with Gasteiger partial charge >= 0.3 is 5.76 Å². The summed E-state index contributed by atoms with van der Waals surface area (Å²) >= 11 is 0. The van der Waals surface area contributed by atoms with Crippen molar-refractivity contribution in [2.75, 3.05) is 11.5 Å². The molecule has 2 heterocycles. The predicted molar refractivity (Wildman–Crippen MR) is 128 cm³/mol. The molecule has 0 bridgehead atoms. The first-order valence-corrected chi connectivity index (χ1v) is 11.2. The molecule has 1 unspecified atom stereocenters. The Bertz CT molecular complexity index is 1210. The minimum atomic E-state index is -0.565. The highest BCUT2D eigenvalue weighted by molar-refractivity contribution is 5.71. The van der Waals surface area contributed by atoms with Gasteiger partial charge in [0.05, 0.1) is 12.6 Å². The van der Waals surface area contributed by atoms with E-state index in [1.165, 1.54) is 4.57 Å². The van der Waals surface area contributed by atoms with Crippen LogP contribution >= 0.6 is 0 Å². The van der Waals surface area contributed by atoms with Crippen molar-refractivity contribution in [1.29, 1.82) is 0 Å². The quantitative estimate of drug-likeness (QED) is 0.554. The van der Waals surface area contributed by atoms with E-state index in [1.54, 1.807) is 6.08 Å². The largest absolute Gasteiger partial charge is 0.492 e. The number of oxazole rings is 1. The molecule has 1 aromatic heterocycles. The van der Waals surface area contributed by atoms with Gasteiger partial charge in [-0.1, -0.05) is 48.6 Å². The number of ether oxygens (including phenoxy) is 1. The van der Waals surface area contributed by atoms with Gasteiger partial charge in [-0.05, 0) is 61.3 Å². The lowest BCUT2D eigenvalue weighted by molar-refractivity contribution is 0.0933. The Morgan fingerprint density at radius 1 is 1.03 bits per heavy atom. The van der Waals surface area contributed by atoms with Crippen LogP contribution in [0.5, 0.6) is 5.88 Å². The van der Waals surface area contributed by atoms with Gasteiger partial charge in [0.15, 0.2) is 5.76 Å². The SMILES string of the molecule is O=c1oc(C=C2C=CC(N(c3ccccc3)c3ccccc3)=CC2)c(O)n1CC1CCCO1. The monoisotopic (exact) mass is 442 g/mol. The zero-order valence-electron chi connectivity index (χ0n) is 18.3. The van der Waals surface area contributed by atoms with E-state index < -0.39 is 5.76 Å². The number of para-hydroxylation sites is 2. The van der Waals surface area contributed by atoms with E-state index in [9.17, 15) is 9.90 Å². The van der Waals surface area contributed by atoms with Crippen molar-refractivity contribution in [1.82, 2.24) is 4.57 Å². The molecule has 0 spiro atoms. The third-order valence-corrected chi connectivity index (χ3v) is 5.92. The molecule has 6 nitrogen and oxygen atoms in total. The van der Waals surface area contributed by atoms with Crippen molar-refractivity contribution in [3.63, 3.8) is 0 Å². The molecule has 0 radical (unpaired) electrons. The molecule has 1 aliphatic carbocycles. The molecule has 0 saturated carbocycles. The van der Waals surface area contributed by atoms with Gasteiger partial charge in [-0.3, -0.25) is 0 Å². The third-order valence-electron chi connectivity index (χ3n) is 5.92. The van der Waals surface area contributed by atoms with E-state index in [1.807, 2.05) is 48.6 Å². The lowest BCUT2D eigenvalue weighted by Gasteiger charge is -2.27. The number of nitrogens with zero attached hydrogens (tertiary/aromatic N) is 2. The Morgan fingerprint density at radius 2 is 1.73 bits per heavy atom. The number of aromatic hydroxyl groups is 1. The molecular weight excluding hydrogens is 416 g/mol. The molecule has 1 saturated heterocycles. The summed E-state index contributed by atoms with van der Waals surface area (Å²) < 4.78 is 12.2. The fourth-order valence-electron chi connectivity index (χ4n) is 4.25.